The van der Waals surface area contributed by atoms with E-state index in [1.165, 1.54) is 12.1 Å². The molecule has 1 rings (SSSR count). The number of aliphatic carboxylic acids is 1. The van der Waals surface area contributed by atoms with Gasteiger partial charge in [-0.1, -0.05) is 11.6 Å². The molecule has 4 heteroatoms. The van der Waals surface area contributed by atoms with Gasteiger partial charge >= 0.3 is 5.97 Å². The zero-order chi connectivity index (χ0) is 10.6. The van der Waals surface area contributed by atoms with Crippen LogP contribution in [0.2, 0.25) is 5.02 Å². The second kappa shape index (κ2) is 4.45. The lowest BCUT2D eigenvalue weighted by Crippen LogP contribution is -1.86. The number of carbonyl (C=O) groups is 1. The molecule has 70 valence electrons. The highest BCUT2D eigenvalue weighted by molar-refractivity contribution is 6.32. The van der Waals surface area contributed by atoms with Crippen molar-refractivity contribution in [3.63, 3.8) is 0 Å². The molecule has 1 aromatic rings. The quantitative estimate of drug-likeness (QED) is 0.757. The number of nitriles is 1. The van der Waals surface area contributed by atoms with E-state index in [1.54, 1.807) is 12.1 Å². The molecule has 0 atom stereocenters. The van der Waals surface area contributed by atoms with Crippen molar-refractivity contribution in [1.29, 1.82) is 5.26 Å². The predicted molar refractivity (Wildman–Crippen MR) is 52.8 cm³/mol. The van der Waals surface area contributed by atoms with Gasteiger partial charge < -0.3 is 5.11 Å². The maximum absolute atomic E-state index is 10.2. The summed E-state index contributed by atoms with van der Waals surface area (Å²) in [6, 6.07) is 6.60. The Kier molecular flexibility index (Phi) is 3.27. The number of hydrogen-bond acceptors (Lipinski definition) is 2. The maximum atomic E-state index is 10.2. The first-order valence-electron chi connectivity index (χ1n) is 3.74. The summed E-state index contributed by atoms with van der Waals surface area (Å²) < 4.78 is 0. The van der Waals surface area contributed by atoms with Crippen LogP contribution in [0.15, 0.2) is 24.3 Å². The molecule has 0 unspecified atom stereocenters. The monoisotopic (exact) mass is 207 g/mol. The Morgan fingerprint density at radius 2 is 2.29 bits per heavy atom. The SMILES string of the molecule is N#Cc1ccc(Cl)c(C=CC(=O)O)c1. The van der Waals surface area contributed by atoms with Crippen molar-refractivity contribution in [3.05, 3.63) is 40.4 Å². The van der Waals surface area contributed by atoms with Crippen LogP contribution in [-0.2, 0) is 4.79 Å². The van der Waals surface area contributed by atoms with Gasteiger partial charge in [-0.05, 0) is 29.8 Å². The van der Waals surface area contributed by atoms with Crippen molar-refractivity contribution in [1.82, 2.24) is 0 Å². The molecule has 0 saturated carbocycles. The van der Waals surface area contributed by atoms with E-state index in [0.717, 1.165) is 6.08 Å². The number of carboxylic acid groups (broad SMARTS) is 1. The molecule has 0 saturated heterocycles. The smallest absolute Gasteiger partial charge is 0.328 e. The Morgan fingerprint density at radius 3 is 2.86 bits per heavy atom. The molecule has 1 aromatic carbocycles. The standard InChI is InChI=1S/C10H6ClNO2/c11-9-3-1-7(6-12)5-8(9)2-4-10(13)14/h1-5H,(H,13,14). The van der Waals surface area contributed by atoms with Gasteiger partial charge in [-0.15, -0.1) is 0 Å². The van der Waals surface area contributed by atoms with Gasteiger partial charge in [0.1, 0.15) is 0 Å². The van der Waals surface area contributed by atoms with Gasteiger partial charge in [0.25, 0.3) is 0 Å². The minimum Gasteiger partial charge on any atom is -0.478 e. The van der Waals surface area contributed by atoms with E-state index in [-0.39, 0.29) is 0 Å². The summed E-state index contributed by atoms with van der Waals surface area (Å²) >= 11 is 5.78. The normalized spacial score (nSPS) is 10.0. The summed E-state index contributed by atoms with van der Waals surface area (Å²) in [6.45, 7) is 0. The summed E-state index contributed by atoms with van der Waals surface area (Å²) in [7, 11) is 0. The van der Waals surface area contributed by atoms with Gasteiger partial charge in [0.2, 0.25) is 0 Å². The summed E-state index contributed by atoms with van der Waals surface area (Å²) in [5, 5.41) is 17.4. The molecular weight excluding hydrogens is 202 g/mol. The second-order valence-electron chi connectivity index (χ2n) is 2.52. The molecule has 0 fully saturated rings. The summed E-state index contributed by atoms with van der Waals surface area (Å²) in [4.78, 5) is 10.2. The summed E-state index contributed by atoms with van der Waals surface area (Å²) in [6.07, 6.45) is 2.33. The Balaban J connectivity index is 3.08. The summed E-state index contributed by atoms with van der Waals surface area (Å²) in [5.74, 6) is -1.05. The molecule has 0 aliphatic heterocycles. The first kappa shape index (κ1) is 10.3. The molecule has 0 heterocycles. The highest BCUT2D eigenvalue weighted by atomic mass is 35.5. The lowest BCUT2D eigenvalue weighted by Gasteiger charge is -1.97. The van der Waals surface area contributed by atoms with E-state index in [1.807, 2.05) is 6.07 Å². The first-order chi connectivity index (χ1) is 6.63. The van der Waals surface area contributed by atoms with Crippen LogP contribution in [-0.4, -0.2) is 11.1 Å². The zero-order valence-electron chi connectivity index (χ0n) is 7.07. The largest absolute Gasteiger partial charge is 0.478 e. The number of hydrogen-bond donors (Lipinski definition) is 1. The molecule has 14 heavy (non-hydrogen) atoms. The minimum atomic E-state index is -1.05. The van der Waals surface area contributed by atoms with Crippen LogP contribution in [0.5, 0.6) is 0 Å². The van der Waals surface area contributed by atoms with Crippen LogP contribution in [0, 0.1) is 11.3 Å². The van der Waals surface area contributed by atoms with Crippen LogP contribution in [0.3, 0.4) is 0 Å². The van der Waals surface area contributed by atoms with Gasteiger partial charge in [0.15, 0.2) is 0 Å². The Hall–Kier alpha value is -1.79. The molecule has 1 N–H and O–H groups in total. The van der Waals surface area contributed by atoms with Gasteiger partial charge in [0, 0.05) is 11.1 Å². The zero-order valence-corrected chi connectivity index (χ0v) is 7.82. The highest BCUT2D eigenvalue weighted by Crippen LogP contribution is 2.18. The molecule has 0 aliphatic carbocycles. The average Bonchev–Trinajstić information content (AvgIpc) is 2.16. The van der Waals surface area contributed by atoms with Crippen molar-refractivity contribution in [2.75, 3.05) is 0 Å². The Morgan fingerprint density at radius 1 is 1.57 bits per heavy atom. The molecular formula is C10H6ClNO2. The maximum Gasteiger partial charge on any atom is 0.328 e. The number of halogens is 1. The highest BCUT2D eigenvalue weighted by Gasteiger charge is 1.98. The third-order valence-corrected chi connectivity index (χ3v) is 1.87. The number of benzene rings is 1. The van der Waals surface area contributed by atoms with Crippen molar-refractivity contribution in [2.45, 2.75) is 0 Å². The van der Waals surface area contributed by atoms with Crippen LogP contribution >= 0.6 is 11.6 Å². The van der Waals surface area contributed by atoms with Gasteiger partial charge in [-0.2, -0.15) is 5.26 Å². The van der Waals surface area contributed by atoms with Crippen molar-refractivity contribution >= 4 is 23.6 Å². The predicted octanol–water partition coefficient (Wildman–Crippen LogP) is 2.31. The molecule has 0 amide bonds. The van der Waals surface area contributed by atoms with Crippen LogP contribution < -0.4 is 0 Å². The van der Waals surface area contributed by atoms with E-state index in [4.69, 9.17) is 22.0 Å². The fourth-order valence-electron chi connectivity index (χ4n) is 0.902. The third-order valence-electron chi connectivity index (χ3n) is 1.53. The van der Waals surface area contributed by atoms with E-state index < -0.39 is 5.97 Å². The molecule has 0 bridgehead atoms. The lowest BCUT2D eigenvalue weighted by atomic mass is 10.1. The van der Waals surface area contributed by atoms with Crippen molar-refractivity contribution in [2.24, 2.45) is 0 Å². The average molecular weight is 208 g/mol. The number of rotatable bonds is 2. The molecule has 0 radical (unpaired) electrons. The van der Waals surface area contributed by atoms with Crippen LogP contribution in [0.4, 0.5) is 0 Å². The number of nitrogens with zero attached hydrogens (tertiary/aromatic N) is 1. The molecule has 3 nitrogen and oxygen atoms in total. The van der Waals surface area contributed by atoms with Crippen molar-refractivity contribution < 1.29 is 9.90 Å². The summed E-state index contributed by atoms with van der Waals surface area (Å²) in [5.41, 5.74) is 0.965. The molecule has 0 spiro atoms. The lowest BCUT2D eigenvalue weighted by molar-refractivity contribution is -0.131. The molecule has 0 aliphatic rings. The fourth-order valence-corrected chi connectivity index (χ4v) is 1.08. The minimum absolute atomic E-state index is 0.418. The van der Waals surface area contributed by atoms with Crippen molar-refractivity contribution in [3.8, 4) is 6.07 Å². The molecule has 0 aromatic heterocycles. The third kappa shape index (κ3) is 2.61. The first-order valence-corrected chi connectivity index (χ1v) is 4.12. The Bertz CT molecular complexity index is 432. The van der Waals surface area contributed by atoms with Gasteiger partial charge in [-0.3, -0.25) is 0 Å². The van der Waals surface area contributed by atoms with Gasteiger partial charge in [-0.25, -0.2) is 4.79 Å². The van der Waals surface area contributed by atoms with Crippen LogP contribution in [0.25, 0.3) is 6.08 Å². The van der Waals surface area contributed by atoms with E-state index in [0.29, 0.717) is 16.1 Å². The van der Waals surface area contributed by atoms with Crippen LogP contribution in [0.1, 0.15) is 11.1 Å². The second-order valence-corrected chi connectivity index (χ2v) is 2.93. The van der Waals surface area contributed by atoms with Gasteiger partial charge in [0.05, 0.1) is 11.6 Å². The fraction of sp³-hybridized carbons (Fsp3) is 0. The number of carboxylic acids is 1. The Labute approximate surface area is 85.9 Å². The van der Waals surface area contributed by atoms with E-state index >= 15 is 0 Å². The van der Waals surface area contributed by atoms with E-state index in [9.17, 15) is 4.79 Å². The van der Waals surface area contributed by atoms with E-state index in [2.05, 4.69) is 0 Å². The topological polar surface area (TPSA) is 61.1 Å².